The Morgan fingerprint density at radius 3 is 2.76 bits per heavy atom. The van der Waals surface area contributed by atoms with Crippen molar-refractivity contribution < 1.29 is 9.90 Å². The first-order valence-electron chi connectivity index (χ1n) is 7.77. The van der Waals surface area contributed by atoms with Crippen LogP contribution in [0.1, 0.15) is 18.9 Å². The Hall–Kier alpha value is -1.91. The van der Waals surface area contributed by atoms with Gasteiger partial charge in [-0.05, 0) is 30.0 Å². The number of hydrogen-bond donors (Lipinski definition) is 2. The third-order valence-electron chi connectivity index (χ3n) is 4.69. The number of carbonyl (C=O) groups is 1. The van der Waals surface area contributed by atoms with Crippen LogP contribution in [0.4, 0.5) is 16.2 Å². The summed E-state index contributed by atoms with van der Waals surface area (Å²) in [5.74, 6) is 0.693. The Balaban J connectivity index is 1.79. The van der Waals surface area contributed by atoms with Crippen molar-refractivity contribution in [2.24, 2.45) is 5.92 Å². The van der Waals surface area contributed by atoms with Crippen molar-refractivity contribution in [3.8, 4) is 0 Å². The molecule has 114 valence electrons. The zero-order valence-corrected chi connectivity index (χ0v) is 12.5. The Kier molecular flexibility index (Phi) is 3.90. The zero-order valence-electron chi connectivity index (χ0n) is 12.5. The summed E-state index contributed by atoms with van der Waals surface area (Å²) in [5, 5.41) is 12.6. The first kappa shape index (κ1) is 14.0. The molecular weight excluding hydrogens is 266 g/mol. The molecule has 0 radical (unpaired) electrons. The standard InChI is InChI=1S/C16H23N3O2/c1-2-12-10-13-14(17-11-12)4-3-5-15(13)18-6-8-19(9-7-18)16(20)21/h3-5,12,17H,2,6-11H2,1H3,(H,20,21). The molecule has 1 aromatic rings. The van der Waals surface area contributed by atoms with Gasteiger partial charge in [-0.3, -0.25) is 0 Å². The highest BCUT2D eigenvalue weighted by molar-refractivity contribution is 5.69. The van der Waals surface area contributed by atoms with Crippen molar-refractivity contribution in [3.05, 3.63) is 23.8 Å². The Labute approximate surface area is 125 Å². The predicted octanol–water partition coefficient (Wildman–Crippen LogP) is 2.48. The number of benzene rings is 1. The molecule has 0 aliphatic carbocycles. The lowest BCUT2D eigenvalue weighted by Crippen LogP contribution is -2.48. The van der Waals surface area contributed by atoms with Crippen molar-refractivity contribution in [1.29, 1.82) is 0 Å². The highest BCUT2D eigenvalue weighted by Crippen LogP contribution is 2.34. The molecule has 2 aliphatic heterocycles. The summed E-state index contributed by atoms with van der Waals surface area (Å²) in [6.45, 7) is 6.03. The molecule has 3 rings (SSSR count). The number of amides is 1. The second-order valence-electron chi connectivity index (χ2n) is 5.92. The van der Waals surface area contributed by atoms with Gasteiger partial charge in [0.1, 0.15) is 0 Å². The number of anilines is 2. The van der Waals surface area contributed by atoms with Crippen LogP contribution in [-0.2, 0) is 6.42 Å². The van der Waals surface area contributed by atoms with Gasteiger partial charge >= 0.3 is 6.09 Å². The van der Waals surface area contributed by atoms with E-state index in [1.54, 1.807) is 0 Å². The second kappa shape index (κ2) is 5.84. The van der Waals surface area contributed by atoms with E-state index in [1.807, 2.05) is 0 Å². The summed E-state index contributed by atoms with van der Waals surface area (Å²) in [5.41, 5.74) is 3.93. The number of carboxylic acid groups (broad SMARTS) is 1. The number of nitrogens with one attached hydrogen (secondary N) is 1. The second-order valence-corrected chi connectivity index (χ2v) is 5.92. The maximum Gasteiger partial charge on any atom is 0.407 e. The Bertz CT molecular complexity index is 524. The molecule has 1 atom stereocenters. The molecule has 1 saturated heterocycles. The Morgan fingerprint density at radius 1 is 1.33 bits per heavy atom. The van der Waals surface area contributed by atoms with Gasteiger partial charge in [0.05, 0.1) is 0 Å². The molecule has 2 N–H and O–H groups in total. The quantitative estimate of drug-likeness (QED) is 0.878. The molecule has 1 amide bonds. The van der Waals surface area contributed by atoms with Crippen molar-refractivity contribution in [3.63, 3.8) is 0 Å². The van der Waals surface area contributed by atoms with E-state index in [-0.39, 0.29) is 0 Å². The third kappa shape index (κ3) is 2.77. The molecule has 0 spiro atoms. The first-order valence-corrected chi connectivity index (χ1v) is 7.77. The summed E-state index contributed by atoms with van der Waals surface area (Å²) >= 11 is 0. The van der Waals surface area contributed by atoms with Gasteiger partial charge in [0.15, 0.2) is 0 Å². The summed E-state index contributed by atoms with van der Waals surface area (Å²) in [7, 11) is 0. The van der Waals surface area contributed by atoms with Crippen LogP contribution in [0.25, 0.3) is 0 Å². The summed E-state index contributed by atoms with van der Waals surface area (Å²) in [6.07, 6.45) is 1.50. The molecule has 0 bridgehead atoms. The monoisotopic (exact) mass is 289 g/mol. The maximum absolute atomic E-state index is 11.0. The molecule has 21 heavy (non-hydrogen) atoms. The van der Waals surface area contributed by atoms with Gasteiger partial charge in [0.25, 0.3) is 0 Å². The highest BCUT2D eigenvalue weighted by atomic mass is 16.4. The van der Waals surface area contributed by atoms with E-state index in [1.165, 1.54) is 28.3 Å². The minimum absolute atomic E-state index is 0.587. The van der Waals surface area contributed by atoms with E-state index in [0.717, 1.165) is 26.1 Å². The lowest BCUT2D eigenvalue weighted by atomic mass is 9.90. The highest BCUT2D eigenvalue weighted by Gasteiger charge is 2.25. The van der Waals surface area contributed by atoms with Gasteiger partial charge in [-0.1, -0.05) is 19.4 Å². The van der Waals surface area contributed by atoms with Gasteiger partial charge in [0.2, 0.25) is 0 Å². The van der Waals surface area contributed by atoms with Crippen LogP contribution in [0, 0.1) is 5.92 Å². The van der Waals surface area contributed by atoms with Crippen LogP contribution in [0.3, 0.4) is 0 Å². The smallest absolute Gasteiger partial charge is 0.407 e. The van der Waals surface area contributed by atoms with Crippen molar-refractivity contribution in [2.45, 2.75) is 19.8 Å². The molecular formula is C16H23N3O2. The van der Waals surface area contributed by atoms with Gasteiger partial charge < -0.3 is 20.2 Å². The van der Waals surface area contributed by atoms with Crippen molar-refractivity contribution >= 4 is 17.5 Å². The molecule has 1 fully saturated rings. The van der Waals surface area contributed by atoms with Gasteiger partial charge in [-0.25, -0.2) is 4.79 Å². The fraction of sp³-hybridized carbons (Fsp3) is 0.562. The summed E-state index contributed by atoms with van der Waals surface area (Å²) in [4.78, 5) is 14.8. The van der Waals surface area contributed by atoms with Crippen LogP contribution >= 0.6 is 0 Å². The maximum atomic E-state index is 11.0. The molecule has 2 aliphatic rings. The normalized spacial score (nSPS) is 21.7. The molecule has 0 saturated carbocycles. The summed E-state index contributed by atoms with van der Waals surface area (Å²) < 4.78 is 0. The molecule has 1 aromatic carbocycles. The van der Waals surface area contributed by atoms with E-state index >= 15 is 0 Å². The van der Waals surface area contributed by atoms with E-state index in [0.29, 0.717) is 19.0 Å². The SMILES string of the molecule is CCC1CNc2cccc(N3CCN(C(=O)O)CC3)c2C1. The average molecular weight is 289 g/mol. The average Bonchev–Trinajstić information content (AvgIpc) is 2.54. The zero-order chi connectivity index (χ0) is 14.8. The topological polar surface area (TPSA) is 55.8 Å². The molecule has 1 unspecified atom stereocenters. The number of fused-ring (bicyclic) bond motifs is 1. The van der Waals surface area contributed by atoms with Gasteiger partial charge in [-0.15, -0.1) is 0 Å². The van der Waals surface area contributed by atoms with E-state index in [2.05, 4.69) is 35.3 Å². The fourth-order valence-electron chi connectivity index (χ4n) is 3.29. The van der Waals surface area contributed by atoms with Crippen LogP contribution in [0.5, 0.6) is 0 Å². The van der Waals surface area contributed by atoms with Gasteiger partial charge in [0, 0.05) is 44.1 Å². The molecule has 0 aromatic heterocycles. The lowest BCUT2D eigenvalue weighted by Gasteiger charge is -2.37. The van der Waals surface area contributed by atoms with Crippen LogP contribution < -0.4 is 10.2 Å². The largest absolute Gasteiger partial charge is 0.465 e. The first-order chi connectivity index (χ1) is 10.2. The minimum Gasteiger partial charge on any atom is -0.465 e. The number of hydrogen-bond acceptors (Lipinski definition) is 3. The summed E-state index contributed by atoms with van der Waals surface area (Å²) in [6, 6.07) is 6.42. The number of rotatable bonds is 2. The molecule has 5 heteroatoms. The van der Waals surface area contributed by atoms with E-state index in [9.17, 15) is 4.79 Å². The fourth-order valence-corrected chi connectivity index (χ4v) is 3.29. The third-order valence-corrected chi connectivity index (χ3v) is 4.69. The van der Waals surface area contributed by atoms with Gasteiger partial charge in [-0.2, -0.15) is 0 Å². The van der Waals surface area contributed by atoms with Crippen molar-refractivity contribution in [2.75, 3.05) is 42.9 Å². The van der Waals surface area contributed by atoms with Crippen LogP contribution in [0.15, 0.2) is 18.2 Å². The molecule has 5 nitrogen and oxygen atoms in total. The van der Waals surface area contributed by atoms with Crippen LogP contribution in [0.2, 0.25) is 0 Å². The minimum atomic E-state index is -0.808. The lowest BCUT2D eigenvalue weighted by molar-refractivity contribution is 0.142. The van der Waals surface area contributed by atoms with E-state index < -0.39 is 6.09 Å². The molecule has 2 heterocycles. The predicted molar refractivity (Wildman–Crippen MR) is 84.2 cm³/mol. The number of piperazine rings is 1. The van der Waals surface area contributed by atoms with Crippen molar-refractivity contribution in [1.82, 2.24) is 4.90 Å². The Morgan fingerprint density at radius 2 is 2.10 bits per heavy atom. The number of nitrogens with zero attached hydrogens (tertiary/aromatic N) is 2. The van der Waals surface area contributed by atoms with E-state index in [4.69, 9.17) is 5.11 Å². The van der Waals surface area contributed by atoms with Crippen LogP contribution in [-0.4, -0.2) is 48.8 Å².